The van der Waals surface area contributed by atoms with E-state index in [2.05, 4.69) is 32.4 Å². The van der Waals surface area contributed by atoms with Gasteiger partial charge >= 0.3 is 22.5 Å². The summed E-state index contributed by atoms with van der Waals surface area (Å²) in [6, 6.07) is 26.3. The third-order valence-corrected chi connectivity index (χ3v) is 6.34. The van der Waals surface area contributed by atoms with Gasteiger partial charge in [0.25, 0.3) is 0 Å². The minimum atomic E-state index is -4.90. The topological polar surface area (TPSA) is 218 Å². The van der Waals surface area contributed by atoms with E-state index < -0.39 is 29.2 Å². The van der Waals surface area contributed by atoms with E-state index >= 15 is 0 Å². The number of pyridine rings is 3. The Morgan fingerprint density at radius 3 is 1.61 bits per heavy atom. The van der Waals surface area contributed by atoms with Gasteiger partial charge in [0.2, 0.25) is 5.91 Å². The molecule has 270 valence electrons. The van der Waals surface area contributed by atoms with E-state index in [1.807, 2.05) is 91.5 Å². The zero-order chi connectivity index (χ0) is 37.9. The van der Waals surface area contributed by atoms with Crippen LogP contribution in [0.3, 0.4) is 0 Å². The maximum absolute atomic E-state index is 11.1. The van der Waals surface area contributed by atoms with Gasteiger partial charge in [0.05, 0.1) is 0 Å². The molecule has 0 spiro atoms. The Morgan fingerprint density at radius 1 is 0.706 bits per heavy atom. The van der Waals surface area contributed by atoms with Crippen molar-refractivity contribution in [2.24, 2.45) is 5.73 Å². The zero-order valence-electron chi connectivity index (χ0n) is 27.0. The third-order valence-electron chi connectivity index (χ3n) is 6.34. The van der Waals surface area contributed by atoms with Crippen LogP contribution in [0.1, 0.15) is 18.1 Å². The lowest BCUT2D eigenvalue weighted by Crippen LogP contribution is -2.37. The van der Waals surface area contributed by atoms with Gasteiger partial charge in [-0.05, 0) is 50.9 Å². The first-order chi connectivity index (χ1) is 24.1. The number of carbonyl (C=O) groups is 2. The van der Waals surface area contributed by atoms with Crippen LogP contribution >= 0.6 is 0 Å². The highest BCUT2D eigenvalue weighted by Crippen LogP contribution is 2.18. The highest BCUT2D eigenvalue weighted by molar-refractivity contribution is 7.79. The molecule has 0 aliphatic heterocycles. The molecular formula is C34H35F3N6O7S. The van der Waals surface area contributed by atoms with Gasteiger partial charge < -0.3 is 21.5 Å². The summed E-state index contributed by atoms with van der Waals surface area (Å²) in [5, 5.41) is 18.8. The number of nitrogens with zero attached hydrogens (tertiary/aromatic N) is 3. The summed E-state index contributed by atoms with van der Waals surface area (Å²) >= 11 is 0. The number of hydrogen-bond donors (Lipinski definition) is 6. The van der Waals surface area contributed by atoms with Crippen molar-refractivity contribution in [2.75, 3.05) is 6.73 Å². The summed E-state index contributed by atoms with van der Waals surface area (Å²) < 4.78 is 64.9. The highest BCUT2D eigenvalue weighted by atomic mass is 32.3. The number of amides is 2. The van der Waals surface area contributed by atoms with Crippen molar-refractivity contribution in [1.29, 1.82) is 0 Å². The van der Waals surface area contributed by atoms with Gasteiger partial charge in [-0.3, -0.25) is 33.6 Å². The normalized spacial score (nSPS) is 10.5. The Hall–Kier alpha value is -5.59. The minimum absolute atomic E-state index is 0.0129. The maximum Gasteiger partial charge on any atom is 0.471 e. The number of hydrogen-bond acceptors (Lipinski definition) is 9. The van der Waals surface area contributed by atoms with Gasteiger partial charge in [0.15, 0.2) is 0 Å². The lowest BCUT2D eigenvalue weighted by atomic mass is 10.1. The number of carbonyl (C=O) groups excluding carboxylic acids is 2. The van der Waals surface area contributed by atoms with Gasteiger partial charge in [-0.1, -0.05) is 60.7 Å². The van der Waals surface area contributed by atoms with Gasteiger partial charge in [0, 0.05) is 68.0 Å². The van der Waals surface area contributed by atoms with Crippen LogP contribution in [-0.4, -0.2) is 62.3 Å². The van der Waals surface area contributed by atoms with Gasteiger partial charge in [-0.15, -0.1) is 0 Å². The van der Waals surface area contributed by atoms with E-state index in [1.54, 1.807) is 12.4 Å². The Morgan fingerprint density at radius 2 is 1.16 bits per heavy atom. The van der Waals surface area contributed by atoms with Crippen LogP contribution < -0.4 is 16.4 Å². The Balaban J connectivity index is 0.000000229. The van der Waals surface area contributed by atoms with Crippen molar-refractivity contribution < 1.29 is 45.4 Å². The smallest absolute Gasteiger partial charge is 0.376 e. The molecule has 0 radical (unpaired) electrons. The SMILES string of the molecule is CC(=O)NCc1cccc2cnccc12.NCc1cccc2cnccc12.O=C(NCO)C(F)(F)F.O=S(=O)(O)O.c1ccc2cnccc2c1. The number of aliphatic hydroxyl groups is 1. The zero-order valence-corrected chi connectivity index (χ0v) is 27.8. The van der Waals surface area contributed by atoms with Crippen molar-refractivity contribution in [3.63, 3.8) is 0 Å². The molecule has 0 fully saturated rings. The fourth-order valence-corrected chi connectivity index (χ4v) is 4.13. The average Bonchev–Trinajstić information content (AvgIpc) is 3.10. The van der Waals surface area contributed by atoms with E-state index in [1.165, 1.54) is 34.0 Å². The van der Waals surface area contributed by atoms with E-state index in [-0.39, 0.29) is 5.91 Å². The molecule has 2 amide bonds. The Kier molecular flexibility index (Phi) is 17.0. The maximum atomic E-state index is 11.1. The first-order valence-electron chi connectivity index (χ1n) is 14.7. The molecule has 3 aromatic heterocycles. The molecule has 7 N–H and O–H groups in total. The van der Waals surface area contributed by atoms with Crippen molar-refractivity contribution in [3.05, 3.63) is 127 Å². The van der Waals surface area contributed by atoms with Crippen molar-refractivity contribution in [2.45, 2.75) is 26.2 Å². The summed E-state index contributed by atoms with van der Waals surface area (Å²) in [5.41, 5.74) is 7.89. The summed E-state index contributed by atoms with van der Waals surface area (Å²) in [6.45, 7) is 1.67. The summed E-state index contributed by atoms with van der Waals surface area (Å²) in [7, 11) is -4.67. The molecule has 0 aliphatic rings. The largest absolute Gasteiger partial charge is 0.471 e. The lowest BCUT2D eigenvalue weighted by molar-refractivity contribution is -0.174. The summed E-state index contributed by atoms with van der Waals surface area (Å²) in [5.74, 6) is -2.15. The number of nitrogens with two attached hydrogens (primary N) is 1. The molecule has 0 aliphatic carbocycles. The Labute approximate surface area is 291 Å². The molecule has 0 atom stereocenters. The van der Waals surface area contributed by atoms with Crippen LogP contribution in [-0.2, 0) is 33.1 Å². The van der Waals surface area contributed by atoms with Crippen LogP contribution in [0.25, 0.3) is 32.3 Å². The molecule has 13 nitrogen and oxygen atoms in total. The van der Waals surface area contributed by atoms with Gasteiger partial charge in [0.1, 0.15) is 6.73 Å². The van der Waals surface area contributed by atoms with Gasteiger partial charge in [-0.2, -0.15) is 21.6 Å². The van der Waals surface area contributed by atoms with Crippen LogP contribution in [0.5, 0.6) is 0 Å². The molecule has 3 heterocycles. The first-order valence-corrected chi connectivity index (χ1v) is 16.1. The van der Waals surface area contributed by atoms with E-state index in [0.29, 0.717) is 13.1 Å². The first kappa shape index (κ1) is 41.6. The van der Waals surface area contributed by atoms with Gasteiger partial charge in [-0.25, -0.2) is 0 Å². The lowest BCUT2D eigenvalue weighted by Gasteiger charge is -2.06. The summed E-state index contributed by atoms with van der Waals surface area (Å²) in [4.78, 5) is 32.6. The Bertz CT molecular complexity index is 2040. The second-order valence-electron chi connectivity index (χ2n) is 9.97. The summed E-state index contributed by atoms with van der Waals surface area (Å²) in [6.07, 6.45) is 6.02. The van der Waals surface area contributed by atoms with Crippen molar-refractivity contribution in [3.8, 4) is 0 Å². The second-order valence-corrected chi connectivity index (χ2v) is 10.9. The number of rotatable bonds is 4. The average molecular weight is 729 g/mol. The number of nitrogens with one attached hydrogen (secondary N) is 2. The van der Waals surface area contributed by atoms with Crippen molar-refractivity contribution in [1.82, 2.24) is 25.6 Å². The number of aliphatic hydroxyl groups excluding tert-OH is 1. The number of alkyl halides is 3. The minimum Gasteiger partial charge on any atom is -0.376 e. The fraction of sp³-hybridized carbons (Fsp3) is 0.147. The molecule has 6 aromatic rings. The molecule has 0 unspecified atom stereocenters. The molecule has 3 aromatic carbocycles. The van der Waals surface area contributed by atoms with Crippen LogP contribution in [0, 0.1) is 0 Å². The molecule has 6 rings (SSSR count). The standard InChI is InChI=1S/C12H12N2O.C10H10N2.C9H7N.C3H4F3NO2.H2O4S/c1-9(15)14-8-11-4-2-3-10-7-13-6-5-12(10)11;11-6-8-2-1-3-9-7-12-5-4-10(8)9;1-2-4-9-7-10-6-5-8(9)3-1;4-3(5,6)2(9)7-1-8;1-5(2,3)4/h2-7H,8H2,1H3,(H,14,15);1-5,7H,6,11H2;1-7H;8H,1H2,(H,7,9);(H2,1,2,3,4). The number of fused-ring (bicyclic) bond motifs is 3. The van der Waals surface area contributed by atoms with Crippen molar-refractivity contribution >= 4 is 54.5 Å². The number of halogens is 3. The monoisotopic (exact) mass is 728 g/mol. The molecular weight excluding hydrogens is 693 g/mol. The van der Waals surface area contributed by atoms with E-state index in [4.69, 9.17) is 28.4 Å². The quantitative estimate of drug-likeness (QED) is 0.107. The molecule has 0 saturated heterocycles. The molecule has 0 bridgehead atoms. The molecule has 51 heavy (non-hydrogen) atoms. The molecule has 17 heteroatoms. The highest BCUT2D eigenvalue weighted by Gasteiger charge is 2.38. The predicted octanol–water partition coefficient (Wildman–Crippen LogP) is 4.76. The second kappa shape index (κ2) is 20.8. The molecule has 0 saturated carbocycles. The van der Waals surface area contributed by atoms with Crippen LogP contribution in [0.2, 0.25) is 0 Å². The third kappa shape index (κ3) is 16.1. The fourth-order valence-electron chi connectivity index (χ4n) is 4.13. The van der Waals surface area contributed by atoms with Crippen LogP contribution in [0.4, 0.5) is 13.2 Å². The van der Waals surface area contributed by atoms with E-state index in [9.17, 15) is 22.8 Å². The number of aromatic nitrogens is 3. The van der Waals surface area contributed by atoms with Crippen LogP contribution in [0.15, 0.2) is 116 Å². The number of benzene rings is 3. The predicted molar refractivity (Wildman–Crippen MR) is 186 cm³/mol. The van der Waals surface area contributed by atoms with E-state index in [0.717, 1.165) is 21.7 Å².